The van der Waals surface area contributed by atoms with Crippen molar-refractivity contribution in [3.63, 3.8) is 0 Å². The minimum atomic E-state index is -1.13. The summed E-state index contributed by atoms with van der Waals surface area (Å²) < 4.78 is 37.6. The van der Waals surface area contributed by atoms with Crippen LogP contribution in [-0.2, 0) is 39.5 Å². The van der Waals surface area contributed by atoms with Crippen molar-refractivity contribution in [3.8, 4) is 23.3 Å². The molecule has 0 radical (unpaired) electrons. The fourth-order valence-corrected chi connectivity index (χ4v) is 7.08. The van der Waals surface area contributed by atoms with E-state index < -0.39 is 32.0 Å². The number of unbranched alkanes of at least 4 members (excludes halogenated alkanes) is 2. The number of alkyl carbamates (subject to hydrolysis) is 1. The molecule has 66 heavy (non-hydrogen) atoms. The maximum atomic E-state index is 11.8. The third-order valence-corrected chi connectivity index (χ3v) is 9.82. The van der Waals surface area contributed by atoms with E-state index in [2.05, 4.69) is 32.2 Å². The van der Waals surface area contributed by atoms with Gasteiger partial charge in [-0.05, 0) is 137 Å². The number of hydrogen-bond donors (Lipinski definition) is 4. The molecule has 4 heterocycles. The first-order valence-electron chi connectivity index (χ1n) is 22.0. The zero-order valence-corrected chi connectivity index (χ0v) is 39.7. The number of ether oxygens (including phenoxy) is 5. The van der Waals surface area contributed by atoms with Gasteiger partial charge >= 0.3 is 32.3 Å². The second-order valence-electron chi connectivity index (χ2n) is 16.2. The molecule has 2 unspecified atom stereocenters. The van der Waals surface area contributed by atoms with Crippen LogP contribution in [0.5, 0.6) is 23.3 Å². The van der Waals surface area contributed by atoms with Crippen molar-refractivity contribution in [2.75, 3.05) is 26.3 Å². The Labute approximate surface area is 391 Å². The number of esters is 2. The first-order valence-corrected chi connectivity index (χ1v) is 22.4. The third-order valence-electron chi connectivity index (χ3n) is 9.64. The van der Waals surface area contributed by atoms with Crippen molar-refractivity contribution in [1.82, 2.24) is 25.3 Å². The van der Waals surface area contributed by atoms with Crippen LogP contribution < -0.4 is 31.4 Å². The Balaban J connectivity index is 0.000000235. The number of nitrogens with two attached hydrogens (primary N) is 1. The average molecular weight is 935 g/mol. The van der Waals surface area contributed by atoms with Gasteiger partial charge < -0.3 is 54.1 Å². The average Bonchev–Trinajstić information content (AvgIpc) is 3.72. The summed E-state index contributed by atoms with van der Waals surface area (Å²) >= 11 is 5.75. The van der Waals surface area contributed by atoms with Crippen molar-refractivity contribution in [2.24, 2.45) is 5.73 Å². The van der Waals surface area contributed by atoms with Crippen molar-refractivity contribution in [2.45, 2.75) is 118 Å². The number of aromatic nitrogens is 4. The predicted octanol–water partition coefficient (Wildman–Crippen LogP) is 5.82. The number of carbonyl (C=O) groups is 3. The molecule has 1 amide bonds. The SMILES string of the molecule is CC(C)(C)OC(=O)NCCCN.CCCCCc1nccc(Oc2cc(C)c3c(c2)B(O)OC3CC(=O)OCC)n1.CCOC(=O)CC1OB(O)c2cc(Oc3ccnc(Cl)n3)cc(C)c21. The summed E-state index contributed by atoms with van der Waals surface area (Å²) in [5.41, 5.74) is 9.27. The van der Waals surface area contributed by atoms with Crippen LogP contribution in [0, 0.1) is 13.8 Å². The Kier molecular flexibility index (Phi) is 21.1. The van der Waals surface area contributed by atoms with Gasteiger partial charge in [-0.15, -0.1) is 0 Å². The summed E-state index contributed by atoms with van der Waals surface area (Å²) in [6.07, 6.45) is 6.75. The number of benzene rings is 2. The highest BCUT2D eigenvalue weighted by Gasteiger charge is 2.39. The number of carbonyl (C=O) groups excluding carboxylic acids is 3. The van der Waals surface area contributed by atoms with E-state index in [9.17, 15) is 24.4 Å². The van der Waals surface area contributed by atoms with E-state index in [1.165, 1.54) is 6.20 Å². The highest BCUT2D eigenvalue weighted by molar-refractivity contribution is 6.62. The molecule has 0 saturated carbocycles. The second-order valence-corrected chi connectivity index (χ2v) is 16.5. The van der Waals surface area contributed by atoms with Gasteiger partial charge in [-0.25, -0.2) is 14.8 Å². The molecule has 21 heteroatoms. The van der Waals surface area contributed by atoms with E-state index in [4.69, 9.17) is 50.3 Å². The van der Waals surface area contributed by atoms with Gasteiger partial charge in [0.15, 0.2) is 0 Å². The Morgan fingerprint density at radius 1 is 0.788 bits per heavy atom. The lowest BCUT2D eigenvalue weighted by atomic mass is 9.77. The molecule has 2 aromatic carbocycles. The lowest BCUT2D eigenvalue weighted by molar-refractivity contribution is -0.146. The highest BCUT2D eigenvalue weighted by atomic mass is 35.5. The van der Waals surface area contributed by atoms with Crippen LogP contribution in [0.4, 0.5) is 4.79 Å². The number of hydrogen-bond acceptors (Lipinski definition) is 17. The summed E-state index contributed by atoms with van der Waals surface area (Å²) in [6, 6.07) is 10.3. The zero-order chi connectivity index (χ0) is 48.4. The van der Waals surface area contributed by atoms with Crippen molar-refractivity contribution in [1.29, 1.82) is 0 Å². The molecule has 0 saturated heterocycles. The minimum absolute atomic E-state index is 0.0421. The molecule has 0 spiro atoms. The molecule has 0 fully saturated rings. The molecule has 2 aliphatic heterocycles. The normalized spacial score (nSPS) is 14.7. The molecule has 6 rings (SSSR count). The van der Waals surface area contributed by atoms with Gasteiger partial charge in [-0.3, -0.25) is 9.59 Å². The fourth-order valence-electron chi connectivity index (χ4n) is 6.94. The Hall–Kier alpha value is -5.37. The van der Waals surface area contributed by atoms with E-state index in [-0.39, 0.29) is 42.0 Å². The van der Waals surface area contributed by atoms with Crippen LogP contribution in [0.1, 0.15) is 120 Å². The smallest absolute Gasteiger partial charge is 0.466 e. The Morgan fingerprint density at radius 2 is 1.30 bits per heavy atom. The van der Waals surface area contributed by atoms with E-state index >= 15 is 0 Å². The molecular formula is C45H61B2ClN6O12. The molecular weight excluding hydrogens is 874 g/mol. The molecule has 2 aromatic heterocycles. The largest absolute Gasteiger partial charge is 0.492 e. The van der Waals surface area contributed by atoms with Crippen LogP contribution in [0.15, 0.2) is 48.8 Å². The van der Waals surface area contributed by atoms with E-state index in [1.54, 1.807) is 50.4 Å². The van der Waals surface area contributed by atoms with Gasteiger partial charge in [0, 0.05) is 37.5 Å². The number of rotatable bonds is 17. The van der Waals surface area contributed by atoms with Gasteiger partial charge in [-0.1, -0.05) is 19.8 Å². The summed E-state index contributed by atoms with van der Waals surface area (Å²) in [4.78, 5) is 51.1. The van der Waals surface area contributed by atoms with E-state index in [0.29, 0.717) is 54.6 Å². The number of halogens is 1. The molecule has 18 nitrogen and oxygen atoms in total. The molecule has 2 aliphatic rings. The summed E-state index contributed by atoms with van der Waals surface area (Å²) in [5.74, 6) is 1.81. The number of nitrogens with zero attached hydrogens (tertiary/aromatic N) is 4. The monoisotopic (exact) mass is 934 g/mol. The topological polar surface area (TPSA) is 246 Å². The van der Waals surface area contributed by atoms with Crippen molar-refractivity contribution in [3.05, 3.63) is 82.2 Å². The molecule has 2 atom stereocenters. The van der Waals surface area contributed by atoms with E-state index in [1.807, 2.05) is 40.7 Å². The van der Waals surface area contributed by atoms with Gasteiger partial charge in [0.1, 0.15) is 22.9 Å². The van der Waals surface area contributed by atoms with Gasteiger partial charge in [0.25, 0.3) is 0 Å². The third kappa shape index (κ3) is 16.8. The van der Waals surface area contributed by atoms with Crippen LogP contribution in [0.25, 0.3) is 0 Å². The van der Waals surface area contributed by atoms with Gasteiger partial charge in [0.2, 0.25) is 17.0 Å². The molecule has 5 N–H and O–H groups in total. The molecule has 0 bridgehead atoms. The standard InChI is InChI=1S/C21H27BN2O5.C16H16BClN2O5.C8H18N2O2/c1-4-6-7-8-18-23-10-9-19(24-18)28-15-11-14(3)21-16(12-15)22(26)29-17(21)13-20(25)27-5-2;1-3-23-14(21)8-12-15-9(2)6-10(7-11(15)17(22)25-12)24-13-4-5-19-16(18)20-13;1-8(2,3)12-7(11)10-6-4-5-9/h9-12,17,26H,4-8,13H2,1-3H3;4-7,12,22H,3,8H2,1-2H3;4-6,9H2,1-3H3,(H,10,11). The molecule has 356 valence electrons. The van der Waals surface area contributed by atoms with Crippen LogP contribution in [-0.4, -0.2) is 94.2 Å². The summed E-state index contributed by atoms with van der Waals surface area (Å²) in [6.45, 7) is 16.7. The second kappa shape index (κ2) is 26.1. The first-order chi connectivity index (χ1) is 31.4. The van der Waals surface area contributed by atoms with Crippen molar-refractivity contribution < 1.29 is 57.4 Å². The van der Waals surface area contributed by atoms with Gasteiger partial charge in [0.05, 0.1) is 38.3 Å². The molecule has 0 aliphatic carbocycles. The first kappa shape index (κ1) is 53.2. The summed E-state index contributed by atoms with van der Waals surface area (Å²) in [7, 11) is -2.24. The highest BCUT2D eigenvalue weighted by Crippen LogP contribution is 2.35. The van der Waals surface area contributed by atoms with Crippen molar-refractivity contribution >= 4 is 54.8 Å². The lowest BCUT2D eigenvalue weighted by Crippen LogP contribution is -2.33. The van der Waals surface area contributed by atoms with E-state index in [0.717, 1.165) is 60.2 Å². The lowest BCUT2D eigenvalue weighted by Gasteiger charge is -2.19. The van der Waals surface area contributed by atoms with Crippen LogP contribution >= 0.6 is 11.6 Å². The summed E-state index contributed by atoms with van der Waals surface area (Å²) in [5, 5.41) is 23.2. The Bertz CT molecular complexity index is 2240. The number of fused-ring (bicyclic) bond motifs is 2. The maximum Gasteiger partial charge on any atom is 0.492 e. The quantitative estimate of drug-likeness (QED) is 0.0320. The molecule has 4 aromatic rings. The number of amides is 1. The maximum absolute atomic E-state index is 11.8. The predicted molar refractivity (Wildman–Crippen MR) is 248 cm³/mol. The number of aryl methyl sites for hydroxylation is 3. The fraction of sp³-hybridized carbons (Fsp3) is 0.489. The van der Waals surface area contributed by atoms with Crippen LogP contribution in [0.3, 0.4) is 0 Å². The number of nitrogens with one attached hydrogen (secondary N) is 1. The van der Waals surface area contributed by atoms with Gasteiger partial charge in [-0.2, -0.15) is 9.97 Å². The minimum Gasteiger partial charge on any atom is -0.466 e. The van der Waals surface area contributed by atoms with Crippen LogP contribution in [0.2, 0.25) is 5.28 Å². The zero-order valence-electron chi connectivity index (χ0n) is 38.9. The Morgan fingerprint density at radius 3 is 1.77 bits per heavy atom.